The first-order valence-electron chi connectivity index (χ1n) is 10.1. The van der Waals surface area contributed by atoms with E-state index >= 15 is 0 Å². The Hall–Kier alpha value is -2.08. The molecule has 0 saturated carbocycles. The zero-order valence-electron chi connectivity index (χ0n) is 16.4. The van der Waals surface area contributed by atoms with Crippen molar-refractivity contribution in [1.29, 1.82) is 0 Å². The maximum atomic E-state index is 12.5. The lowest BCUT2D eigenvalue weighted by Crippen LogP contribution is -2.54. The van der Waals surface area contributed by atoms with E-state index in [1.54, 1.807) is 4.90 Å². The lowest BCUT2D eigenvalue weighted by atomic mass is 9.98. The van der Waals surface area contributed by atoms with Crippen LogP contribution in [0.15, 0.2) is 24.3 Å². The van der Waals surface area contributed by atoms with Crippen molar-refractivity contribution in [3.05, 3.63) is 35.4 Å². The molecule has 0 radical (unpaired) electrons. The SMILES string of the molecule is CCOC(=O)N1CCC(N2CCC[C@H](NC(=O)c3ccc(C)cc3)C2)CC1. The van der Waals surface area contributed by atoms with Crippen LogP contribution in [0, 0.1) is 6.92 Å². The van der Waals surface area contributed by atoms with Crippen molar-refractivity contribution >= 4 is 12.0 Å². The molecule has 2 aliphatic rings. The van der Waals surface area contributed by atoms with Gasteiger partial charge in [0.2, 0.25) is 0 Å². The van der Waals surface area contributed by atoms with Gasteiger partial charge in [0, 0.05) is 37.3 Å². The zero-order valence-corrected chi connectivity index (χ0v) is 16.4. The quantitative estimate of drug-likeness (QED) is 0.882. The monoisotopic (exact) mass is 373 g/mol. The van der Waals surface area contributed by atoms with E-state index in [1.165, 1.54) is 0 Å². The number of likely N-dealkylation sites (tertiary alicyclic amines) is 2. The molecule has 1 aromatic carbocycles. The Morgan fingerprint density at radius 3 is 2.48 bits per heavy atom. The number of carbonyl (C=O) groups is 2. The van der Waals surface area contributed by atoms with Crippen LogP contribution in [0.5, 0.6) is 0 Å². The Bertz CT molecular complexity index is 639. The number of hydrogen-bond donors (Lipinski definition) is 1. The number of piperidine rings is 2. The largest absolute Gasteiger partial charge is 0.450 e. The lowest BCUT2D eigenvalue weighted by Gasteiger charge is -2.42. The van der Waals surface area contributed by atoms with Gasteiger partial charge in [-0.2, -0.15) is 0 Å². The minimum Gasteiger partial charge on any atom is -0.450 e. The molecular formula is C21H31N3O3. The highest BCUT2D eigenvalue weighted by Gasteiger charge is 2.31. The van der Waals surface area contributed by atoms with E-state index in [1.807, 2.05) is 38.1 Å². The highest BCUT2D eigenvalue weighted by atomic mass is 16.6. The molecule has 0 unspecified atom stereocenters. The summed E-state index contributed by atoms with van der Waals surface area (Å²) in [4.78, 5) is 28.6. The van der Waals surface area contributed by atoms with Crippen LogP contribution < -0.4 is 5.32 Å². The van der Waals surface area contributed by atoms with Gasteiger partial charge < -0.3 is 15.0 Å². The number of amides is 2. The number of ether oxygens (including phenoxy) is 1. The molecule has 2 fully saturated rings. The van der Waals surface area contributed by atoms with Crippen LogP contribution in [0.25, 0.3) is 0 Å². The number of rotatable bonds is 4. The molecule has 2 amide bonds. The first kappa shape index (κ1) is 19.7. The van der Waals surface area contributed by atoms with Crippen LogP contribution in [0.3, 0.4) is 0 Å². The maximum Gasteiger partial charge on any atom is 0.409 e. The van der Waals surface area contributed by atoms with Gasteiger partial charge in [-0.25, -0.2) is 4.79 Å². The van der Waals surface area contributed by atoms with Crippen LogP contribution in [-0.2, 0) is 4.74 Å². The normalized spacial score (nSPS) is 21.7. The average molecular weight is 373 g/mol. The molecule has 1 atom stereocenters. The molecule has 2 aliphatic heterocycles. The van der Waals surface area contributed by atoms with Crippen molar-refractivity contribution in [3.8, 4) is 0 Å². The van der Waals surface area contributed by atoms with Gasteiger partial charge in [0.25, 0.3) is 5.91 Å². The second-order valence-corrected chi connectivity index (χ2v) is 7.59. The van der Waals surface area contributed by atoms with Crippen LogP contribution in [0.1, 0.15) is 48.5 Å². The molecule has 6 heteroatoms. The number of benzene rings is 1. The Morgan fingerprint density at radius 1 is 1.11 bits per heavy atom. The topological polar surface area (TPSA) is 61.9 Å². The van der Waals surface area contributed by atoms with Gasteiger partial charge in [-0.15, -0.1) is 0 Å². The molecule has 0 aliphatic carbocycles. The van der Waals surface area contributed by atoms with Crippen molar-refractivity contribution in [2.75, 3.05) is 32.8 Å². The standard InChI is InChI=1S/C21H31N3O3/c1-3-27-21(26)23-13-10-19(11-14-23)24-12-4-5-18(15-24)22-20(25)17-8-6-16(2)7-9-17/h6-9,18-19H,3-5,10-15H2,1-2H3,(H,22,25)/t18-/m0/s1. The van der Waals surface area contributed by atoms with Gasteiger partial charge in [0.05, 0.1) is 6.61 Å². The lowest BCUT2D eigenvalue weighted by molar-refractivity contribution is 0.0601. The summed E-state index contributed by atoms with van der Waals surface area (Å²) in [6.45, 7) is 7.74. The Balaban J connectivity index is 1.49. The molecule has 0 bridgehead atoms. The van der Waals surface area contributed by atoms with Gasteiger partial charge in [0.15, 0.2) is 0 Å². The third kappa shape index (κ3) is 5.22. The third-order valence-corrected chi connectivity index (χ3v) is 5.61. The van der Waals surface area contributed by atoms with Crippen molar-refractivity contribution < 1.29 is 14.3 Å². The second-order valence-electron chi connectivity index (χ2n) is 7.59. The van der Waals surface area contributed by atoms with E-state index in [-0.39, 0.29) is 18.0 Å². The average Bonchev–Trinajstić information content (AvgIpc) is 2.69. The van der Waals surface area contributed by atoms with Gasteiger partial charge in [-0.3, -0.25) is 9.69 Å². The molecule has 1 N–H and O–H groups in total. The predicted molar refractivity (Wildman–Crippen MR) is 105 cm³/mol. The van der Waals surface area contributed by atoms with Crippen LogP contribution in [0.2, 0.25) is 0 Å². The van der Waals surface area contributed by atoms with Gasteiger partial charge in [-0.05, 0) is 58.2 Å². The van der Waals surface area contributed by atoms with Gasteiger partial charge >= 0.3 is 6.09 Å². The van der Waals surface area contributed by atoms with E-state index < -0.39 is 0 Å². The summed E-state index contributed by atoms with van der Waals surface area (Å²) in [5.41, 5.74) is 1.88. The number of aryl methyl sites for hydroxylation is 1. The summed E-state index contributed by atoms with van der Waals surface area (Å²) in [5, 5.41) is 3.20. The van der Waals surface area contributed by atoms with Crippen molar-refractivity contribution in [1.82, 2.24) is 15.1 Å². The maximum absolute atomic E-state index is 12.5. The summed E-state index contributed by atoms with van der Waals surface area (Å²) >= 11 is 0. The summed E-state index contributed by atoms with van der Waals surface area (Å²) in [5.74, 6) is 0.0129. The fourth-order valence-corrected chi connectivity index (χ4v) is 4.06. The molecule has 27 heavy (non-hydrogen) atoms. The van der Waals surface area contributed by atoms with Crippen molar-refractivity contribution in [2.45, 2.75) is 51.6 Å². The Kier molecular flexibility index (Phi) is 6.72. The Morgan fingerprint density at radius 2 is 1.81 bits per heavy atom. The fraction of sp³-hybridized carbons (Fsp3) is 0.619. The highest BCUT2D eigenvalue weighted by Crippen LogP contribution is 2.22. The minimum atomic E-state index is -0.196. The van der Waals surface area contributed by atoms with Crippen LogP contribution in [0.4, 0.5) is 4.79 Å². The fourth-order valence-electron chi connectivity index (χ4n) is 4.06. The van der Waals surface area contributed by atoms with Crippen LogP contribution >= 0.6 is 0 Å². The van der Waals surface area contributed by atoms with Gasteiger partial charge in [-0.1, -0.05) is 17.7 Å². The van der Waals surface area contributed by atoms with E-state index in [2.05, 4.69) is 10.2 Å². The molecule has 0 aromatic heterocycles. The number of carbonyl (C=O) groups excluding carboxylic acids is 2. The summed E-state index contributed by atoms with van der Waals surface area (Å²) in [7, 11) is 0. The number of hydrogen-bond acceptors (Lipinski definition) is 4. The molecule has 148 valence electrons. The first-order valence-corrected chi connectivity index (χ1v) is 10.1. The minimum absolute atomic E-state index is 0.0129. The summed E-state index contributed by atoms with van der Waals surface area (Å²) < 4.78 is 5.10. The second kappa shape index (κ2) is 9.22. The predicted octanol–water partition coefficient (Wildman–Crippen LogP) is 2.81. The zero-order chi connectivity index (χ0) is 19.2. The molecule has 2 saturated heterocycles. The molecule has 2 heterocycles. The summed E-state index contributed by atoms with van der Waals surface area (Å²) in [6, 6.07) is 8.39. The first-order chi connectivity index (χ1) is 13.1. The van der Waals surface area contributed by atoms with E-state index in [0.717, 1.165) is 63.0 Å². The van der Waals surface area contributed by atoms with E-state index in [4.69, 9.17) is 4.74 Å². The summed E-state index contributed by atoms with van der Waals surface area (Å²) in [6.07, 6.45) is 3.86. The molecule has 6 nitrogen and oxygen atoms in total. The third-order valence-electron chi connectivity index (χ3n) is 5.61. The van der Waals surface area contributed by atoms with E-state index in [0.29, 0.717) is 12.6 Å². The van der Waals surface area contributed by atoms with Crippen LogP contribution in [-0.4, -0.2) is 66.7 Å². The van der Waals surface area contributed by atoms with Gasteiger partial charge in [0.1, 0.15) is 0 Å². The van der Waals surface area contributed by atoms with Crippen molar-refractivity contribution in [2.24, 2.45) is 0 Å². The van der Waals surface area contributed by atoms with Crippen molar-refractivity contribution in [3.63, 3.8) is 0 Å². The Labute approximate surface area is 161 Å². The van der Waals surface area contributed by atoms with E-state index in [9.17, 15) is 9.59 Å². The number of nitrogens with one attached hydrogen (secondary N) is 1. The smallest absolute Gasteiger partial charge is 0.409 e. The molecule has 3 rings (SSSR count). The molecular weight excluding hydrogens is 342 g/mol. The molecule has 0 spiro atoms. The number of nitrogens with zero attached hydrogens (tertiary/aromatic N) is 2. The molecule has 1 aromatic rings. The highest BCUT2D eigenvalue weighted by molar-refractivity contribution is 5.94.